The van der Waals surface area contributed by atoms with Crippen LogP contribution in [-0.2, 0) is 4.79 Å². The SMILES string of the molecule is CC.CC1C(C(=O)NN2CCCCC2)=NN(c2ccc(Cl)cc2Cl)C1c1ccc(Cl)cc1. The highest BCUT2D eigenvalue weighted by molar-refractivity contribution is 6.41. The second kappa shape index (κ2) is 11.4. The standard InChI is InChI=1S/C22H23Cl3N4O.C2H6/c1-14-20(22(30)27-28-11-3-2-4-12-28)26-29(19-10-9-17(24)13-18(19)25)21(14)15-5-7-16(23)8-6-15;1-2/h5-10,13-14,21H,2-4,11-12H2,1H3,(H,27,30);1-2H3. The first-order valence-electron chi connectivity index (χ1n) is 11.1. The number of halogens is 3. The second-order valence-corrected chi connectivity index (χ2v) is 8.98. The normalized spacial score (nSPS) is 20.9. The van der Waals surface area contributed by atoms with Crippen molar-refractivity contribution >= 4 is 52.1 Å². The number of carbonyl (C=O) groups excluding carboxylic acids is 1. The molecule has 2 heterocycles. The van der Waals surface area contributed by atoms with Crippen molar-refractivity contribution in [1.82, 2.24) is 10.4 Å². The molecule has 1 N–H and O–H groups in total. The number of hydrogen-bond acceptors (Lipinski definition) is 4. The first kappa shape index (κ1) is 24.8. The van der Waals surface area contributed by atoms with E-state index in [0.717, 1.165) is 31.5 Å². The van der Waals surface area contributed by atoms with Gasteiger partial charge in [0.2, 0.25) is 0 Å². The minimum atomic E-state index is -0.192. The third-order valence-electron chi connectivity index (χ3n) is 5.60. The summed E-state index contributed by atoms with van der Waals surface area (Å²) in [5.41, 5.74) is 5.21. The van der Waals surface area contributed by atoms with Gasteiger partial charge in [-0.05, 0) is 48.7 Å². The van der Waals surface area contributed by atoms with Gasteiger partial charge in [-0.15, -0.1) is 0 Å². The van der Waals surface area contributed by atoms with Crippen molar-refractivity contribution in [3.05, 3.63) is 63.1 Å². The molecule has 1 saturated heterocycles. The van der Waals surface area contributed by atoms with Crippen LogP contribution in [0.25, 0.3) is 0 Å². The fourth-order valence-corrected chi connectivity index (χ4v) is 4.67. The predicted octanol–water partition coefficient (Wildman–Crippen LogP) is 6.74. The molecule has 4 rings (SSSR count). The molecular formula is C24H29Cl3N4O. The van der Waals surface area contributed by atoms with Crippen LogP contribution in [0, 0.1) is 5.92 Å². The molecule has 2 aromatic rings. The van der Waals surface area contributed by atoms with Crippen LogP contribution < -0.4 is 10.4 Å². The summed E-state index contributed by atoms with van der Waals surface area (Å²) in [5, 5.41) is 10.2. The fraction of sp³-hybridized carbons (Fsp3) is 0.417. The van der Waals surface area contributed by atoms with Crippen LogP contribution in [0.5, 0.6) is 0 Å². The molecule has 5 nitrogen and oxygen atoms in total. The van der Waals surface area contributed by atoms with Gasteiger partial charge < -0.3 is 0 Å². The van der Waals surface area contributed by atoms with E-state index in [1.165, 1.54) is 6.42 Å². The van der Waals surface area contributed by atoms with Crippen LogP contribution in [-0.4, -0.2) is 29.7 Å². The highest BCUT2D eigenvalue weighted by Crippen LogP contribution is 2.42. The number of hydrazine groups is 1. The van der Waals surface area contributed by atoms with Crippen LogP contribution in [0.4, 0.5) is 5.69 Å². The molecule has 2 aliphatic heterocycles. The average Bonchev–Trinajstić information content (AvgIpc) is 3.13. The van der Waals surface area contributed by atoms with Gasteiger partial charge in [0.1, 0.15) is 5.71 Å². The van der Waals surface area contributed by atoms with Gasteiger partial charge in [0.25, 0.3) is 5.91 Å². The summed E-state index contributed by atoms with van der Waals surface area (Å²) in [7, 11) is 0. The Balaban J connectivity index is 0.00000141. The zero-order valence-corrected chi connectivity index (χ0v) is 20.9. The van der Waals surface area contributed by atoms with Gasteiger partial charge in [-0.3, -0.25) is 15.2 Å². The number of nitrogens with zero attached hydrogens (tertiary/aromatic N) is 3. The van der Waals surface area contributed by atoms with Crippen molar-refractivity contribution in [2.24, 2.45) is 11.0 Å². The van der Waals surface area contributed by atoms with Crippen LogP contribution >= 0.6 is 34.8 Å². The molecule has 0 bridgehead atoms. The number of hydrogen-bond donors (Lipinski definition) is 1. The maximum atomic E-state index is 13.1. The van der Waals surface area contributed by atoms with Crippen molar-refractivity contribution in [3.63, 3.8) is 0 Å². The quantitative estimate of drug-likeness (QED) is 0.511. The number of nitrogens with one attached hydrogen (secondary N) is 1. The molecule has 2 atom stereocenters. The molecular weight excluding hydrogens is 467 g/mol. The number of rotatable bonds is 4. The Morgan fingerprint density at radius 3 is 2.22 bits per heavy atom. The lowest BCUT2D eigenvalue weighted by Crippen LogP contribution is -2.48. The van der Waals surface area contributed by atoms with E-state index >= 15 is 0 Å². The van der Waals surface area contributed by atoms with E-state index in [9.17, 15) is 4.79 Å². The monoisotopic (exact) mass is 494 g/mol. The van der Waals surface area contributed by atoms with Crippen molar-refractivity contribution in [1.29, 1.82) is 0 Å². The van der Waals surface area contributed by atoms with Gasteiger partial charge in [-0.25, -0.2) is 5.01 Å². The maximum Gasteiger partial charge on any atom is 0.282 e. The second-order valence-electron chi connectivity index (χ2n) is 7.70. The number of anilines is 1. The molecule has 0 aliphatic carbocycles. The highest BCUT2D eigenvalue weighted by Gasteiger charge is 2.40. The Morgan fingerprint density at radius 2 is 1.59 bits per heavy atom. The summed E-state index contributed by atoms with van der Waals surface area (Å²) < 4.78 is 0. The van der Waals surface area contributed by atoms with Crippen LogP contribution in [0.1, 0.15) is 51.6 Å². The number of benzene rings is 2. The summed E-state index contributed by atoms with van der Waals surface area (Å²) in [4.78, 5) is 13.1. The van der Waals surface area contributed by atoms with E-state index in [1.807, 2.05) is 61.1 Å². The third-order valence-corrected chi connectivity index (χ3v) is 6.39. The lowest BCUT2D eigenvalue weighted by molar-refractivity contribution is -0.120. The summed E-state index contributed by atoms with van der Waals surface area (Å²) >= 11 is 18.7. The predicted molar refractivity (Wildman–Crippen MR) is 135 cm³/mol. The van der Waals surface area contributed by atoms with Gasteiger partial charge in [-0.2, -0.15) is 5.10 Å². The van der Waals surface area contributed by atoms with Crippen molar-refractivity contribution in [3.8, 4) is 0 Å². The molecule has 8 heteroatoms. The minimum absolute atomic E-state index is 0.150. The van der Waals surface area contributed by atoms with E-state index in [-0.39, 0.29) is 17.9 Å². The van der Waals surface area contributed by atoms with Crippen LogP contribution in [0.2, 0.25) is 15.1 Å². The van der Waals surface area contributed by atoms with Gasteiger partial charge in [0, 0.05) is 29.1 Å². The Kier molecular flexibility index (Phi) is 8.83. The summed E-state index contributed by atoms with van der Waals surface area (Å²) in [5.74, 6) is -0.321. The van der Waals surface area contributed by atoms with Crippen molar-refractivity contribution in [2.75, 3.05) is 18.1 Å². The largest absolute Gasteiger partial charge is 0.284 e. The van der Waals surface area contributed by atoms with Crippen molar-refractivity contribution in [2.45, 2.75) is 46.1 Å². The zero-order valence-electron chi connectivity index (χ0n) is 18.6. The third kappa shape index (κ3) is 5.57. The summed E-state index contributed by atoms with van der Waals surface area (Å²) in [6.07, 6.45) is 3.37. The molecule has 0 aromatic heterocycles. The zero-order chi connectivity index (χ0) is 23.3. The highest BCUT2D eigenvalue weighted by atomic mass is 35.5. The lowest BCUT2D eigenvalue weighted by atomic mass is 9.91. The maximum absolute atomic E-state index is 13.1. The molecule has 2 aromatic carbocycles. The fourth-order valence-electron chi connectivity index (χ4n) is 4.05. The van der Waals surface area contributed by atoms with Crippen molar-refractivity contribution < 1.29 is 4.79 Å². The Labute approximate surface area is 205 Å². The van der Waals surface area contributed by atoms with Gasteiger partial charge >= 0.3 is 0 Å². The minimum Gasteiger partial charge on any atom is -0.284 e. The topological polar surface area (TPSA) is 47.9 Å². The average molecular weight is 496 g/mol. The first-order valence-corrected chi connectivity index (χ1v) is 12.2. The lowest BCUT2D eigenvalue weighted by Gasteiger charge is -2.28. The summed E-state index contributed by atoms with van der Waals surface area (Å²) in [6.45, 7) is 7.74. The number of amides is 1. The smallest absolute Gasteiger partial charge is 0.282 e. The first-order chi connectivity index (χ1) is 15.4. The number of piperidine rings is 1. The van der Waals surface area contributed by atoms with E-state index in [0.29, 0.717) is 26.5 Å². The number of carbonyl (C=O) groups is 1. The van der Waals surface area contributed by atoms with Crippen LogP contribution in [0.15, 0.2) is 47.6 Å². The Hall–Kier alpha value is -1.79. The van der Waals surface area contributed by atoms with E-state index < -0.39 is 0 Å². The van der Waals surface area contributed by atoms with Gasteiger partial charge in [0.15, 0.2) is 0 Å². The molecule has 1 fully saturated rings. The molecule has 172 valence electrons. The Morgan fingerprint density at radius 1 is 0.969 bits per heavy atom. The number of hydrazone groups is 1. The molecule has 2 unspecified atom stereocenters. The molecule has 0 saturated carbocycles. The molecule has 32 heavy (non-hydrogen) atoms. The van der Waals surface area contributed by atoms with E-state index in [1.54, 1.807) is 12.1 Å². The summed E-state index contributed by atoms with van der Waals surface area (Å²) in [6, 6.07) is 12.7. The molecule has 2 aliphatic rings. The molecule has 1 amide bonds. The molecule has 0 spiro atoms. The van der Waals surface area contributed by atoms with Gasteiger partial charge in [0.05, 0.1) is 16.8 Å². The van der Waals surface area contributed by atoms with E-state index in [2.05, 4.69) is 5.43 Å². The molecule has 0 radical (unpaired) electrons. The van der Waals surface area contributed by atoms with Crippen LogP contribution in [0.3, 0.4) is 0 Å². The Bertz CT molecular complexity index is 958. The van der Waals surface area contributed by atoms with Gasteiger partial charge in [-0.1, -0.05) is 74.1 Å². The van der Waals surface area contributed by atoms with E-state index in [4.69, 9.17) is 39.9 Å².